The third kappa shape index (κ3) is 52.1. The van der Waals surface area contributed by atoms with Crippen molar-refractivity contribution in [3.8, 4) is 0 Å². The van der Waals surface area contributed by atoms with Crippen molar-refractivity contribution in [1.82, 2.24) is 19.8 Å². The average molecular weight is 1510 g/mol. The summed E-state index contributed by atoms with van der Waals surface area (Å²) in [6, 6.07) is 41.7. The van der Waals surface area contributed by atoms with Gasteiger partial charge in [0.1, 0.15) is 0 Å². The summed E-state index contributed by atoms with van der Waals surface area (Å²) < 4.78 is 3.46. The molecule has 3 aromatic carbocycles. The smallest absolute Gasteiger partial charge is 0.0780 e. The monoisotopic (exact) mass is 1510 g/mol. The molecular formula is C41H49N5O3SW3Y3-6. The fourth-order valence-corrected chi connectivity index (χ4v) is 2.87. The Morgan fingerprint density at radius 2 is 0.964 bits per heavy atom. The van der Waals surface area contributed by atoms with E-state index < -0.39 is 0 Å². The van der Waals surface area contributed by atoms with Gasteiger partial charge < -0.3 is 19.4 Å². The maximum atomic E-state index is 10.6. The minimum atomic E-state index is -0.108. The van der Waals surface area contributed by atoms with Crippen molar-refractivity contribution >= 4 is 34.6 Å². The van der Waals surface area contributed by atoms with Crippen LogP contribution in [0.5, 0.6) is 0 Å². The molecule has 15 heteroatoms. The van der Waals surface area contributed by atoms with E-state index in [0.717, 1.165) is 17.1 Å². The quantitative estimate of drug-likeness (QED) is 0.131. The number of carbonyl (C=O) groups excluding carboxylic acids is 3. The van der Waals surface area contributed by atoms with Gasteiger partial charge in [-0.15, -0.1) is 33.0 Å². The van der Waals surface area contributed by atoms with E-state index in [1.54, 1.807) is 6.07 Å². The van der Waals surface area contributed by atoms with E-state index in [2.05, 4.69) is 60.5 Å². The number of nitrogens with zero attached hydrogens (tertiary/aromatic N) is 5. The molecule has 56 heavy (non-hydrogen) atoms. The van der Waals surface area contributed by atoms with Crippen molar-refractivity contribution in [1.29, 1.82) is 0 Å². The molecule has 5 aromatic rings. The second-order valence-electron chi connectivity index (χ2n) is 8.22. The Hall–Kier alpha value is 0.0966. The average Bonchev–Trinajstić information content (AvgIpc) is 3.91. The van der Waals surface area contributed by atoms with Gasteiger partial charge in [0, 0.05) is 185 Å². The molecule has 0 atom stereocenters. The van der Waals surface area contributed by atoms with E-state index >= 15 is 0 Å². The first-order valence-corrected chi connectivity index (χ1v) is 16.9. The van der Waals surface area contributed by atoms with E-state index in [4.69, 9.17) is 0 Å². The number of rotatable bonds is 3. The van der Waals surface area contributed by atoms with Crippen molar-refractivity contribution in [3.63, 3.8) is 0 Å². The summed E-state index contributed by atoms with van der Waals surface area (Å²) in [6.45, 7) is 18.9. The normalized spacial score (nSPS) is 8.39. The first-order chi connectivity index (χ1) is 24.3. The third-order valence-corrected chi connectivity index (χ3v) is 4.92. The molecule has 6 rings (SSSR count). The summed E-state index contributed by atoms with van der Waals surface area (Å²) in [7, 11) is 0. The number of Topliss-reactive ketones (excluding diaryl/α,β-unsaturated/α-hetero) is 3. The molecule has 3 radical (unpaired) electrons. The van der Waals surface area contributed by atoms with Gasteiger partial charge in [0.05, 0.1) is 5.78 Å². The van der Waals surface area contributed by atoms with Gasteiger partial charge in [-0.25, -0.2) is 11.2 Å². The van der Waals surface area contributed by atoms with Crippen LogP contribution in [-0.2, 0) is 166 Å². The van der Waals surface area contributed by atoms with Gasteiger partial charge in [-0.2, -0.15) is 125 Å². The molecule has 295 valence electrons. The van der Waals surface area contributed by atoms with Crippen LogP contribution in [-0.4, -0.2) is 49.4 Å². The molecule has 3 heterocycles. The van der Waals surface area contributed by atoms with Gasteiger partial charge in [-0.05, 0) is 18.8 Å². The summed E-state index contributed by atoms with van der Waals surface area (Å²) in [4.78, 5) is 35.4. The molecule has 0 unspecified atom stereocenters. The SMILES string of the molecule is CC.CC.CC.CC(=O)C1=NCC(C)=[C-]1.CC(=O)c1[c-]ccnn1.CC(=O)c1[c-]snn1.[W].[W].[W].[Y].[Y].[Y].[c-]1ccccc1.[c-]1ccccc1.[c-]1ccccc1. The number of ketones is 3. The zero-order chi connectivity index (χ0) is 38.3. The third-order valence-electron chi connectivity index (χ3n) is 4.47. The Kier molecular flexibility index (Phi) is 84.7. The zero-order valence-corrected chi connectivity index (χ0v) is 52.0. The first kappa shape index (κ1) is 76.8. The molecule has 0 bridgehead atoms. The number of benzene rings is 3. The number of aliphatic imine (C=N–C) groups is 1. The molecule has 8 nitrogen and oxygen atoms in total. The fraction of sp³-hybridized carbons (Fsp3) is 0.268. The Bertz CT molecular complexity index is 1380. The maximum Gasteiger partial charge on any atom is 0.0780 e. The van der Waals surface area contributed by atoms with Crippen LogP contribution in [0.4, 0.5) is 0 Å². The van der Waals surface area contributed by atoms with Crippen molar-refractivity contribution in [3.05, 3.63) is 156 Å². The molecular weight excluding hydrogens is 1460 g/mol. The second-order valence-corrected chi connectivity index (χ2v) is 8.77. The molecule has 0 fully saturated rings. The standard InChI is InChI=1S/C7H8NO.C6H5N2O.3C6H5.C4H3N2OS.3C2H6.3W.3Y/c1-5-3-7(6(2)9)8-4-5;1-5(9)6-3-2-4-7-8-6;3*1-2-4-6-5-3-1;1-3(7)4-2-8-6-5-4;3*1-2;;;;;;/h4H2,1-2H3;2,4H,1H3;3*1-5H;1H3;3*1-2H3;;;;;;/q6*-1;;;;;;;;;. The van der Waals surface area contributed by atoms with E-state index in [0.29, 0.717) is 18.0 Å². The van der Waals surface area contributed by atoms with Crippen molar-refractivity contribution in [2.45, 2.75) is 69.2 Å². The Labute approximate surface area is 460 Å². The van der Waals surface area contributed by atoms with Gasteiger partial charge >= 0.3 is 0 Å². The molecule has 0 N–H and O–H groups in total. The molecule has 1 aliphatic rings. The van der Waals surface area contributed by atoms with Crippen molar-refractivity contribution < 1.29 is 176 Å². The van der Waals surface area contributed by atoms with Gasteiger partial charge in [0.25, 0.3) is 0 Å². The van der Waals surface area contributed by atoms with Gasteiger partial charge in [0.2, 0.25) is 0 Å². The van der Waals surface area contributed by atoms with E-state index in [9.17, 15) is 14.4 Å². The van der Waals surface area contributed by atoms with Crippen LogP contribution in [0.25, 0.3) is 0 Å². The van der Waals surface area contributed by atoms with E-state index in [-0.39, 0.29) is 184 Å². The summed E-state index contributed by atoms with van der Waals surface area (Å²) in [5.41, 5.74) is 2.15. The predicted molar refractivity (Wildman–Crippen MR) is 205 cm³/mol. The number of allylic oxidation sites excluding steroid dienone is 1. The molecule has 1 aliphatic heterocycles. The van der Waals surface area contributed by atoms with Crippen LogP contribution in [0.2, 0.25) is 0 Å². The van der Waals surface area contributed by atoms with E-state index in [1.165, 1.54) is 27.0 Å². The van der Waals surface area contributed by atoms with Crippen molar-refractivity contribution in [2.75, 3.05) is 6.54 Å². The zero-order valence-electron chi connectivity index (χ0n) is 33.8. The van der Waals surface area contributed by atoms with Crippen LogP contribution in [0.1, 0.15) is 90.2 Å². The second kappa shape index (κ2) is 61.8. The summed E-state index contributed by atoms with van der Waals surface area (Å²) in [6.07, 6.45) is 4.35. The minimum absolute atomic E-state index is 0. The predicted octanol–water partition coefficient (Wildman–Crippen LogP) is 9.32. The minimum Gasteiger partial charge on any atom is -0.405 e. The molecule has 0 saturated heterocycles. The van der Waals surface area contributed by atoms with Crippen LogP contribution in [0, 0.1) is 35.7 Å². The molecule has 0 spiro atoms. The summed E-state index contributed by atoms with van der Waals surface area (Å²) in [5.74, 6) is -0.186. The van der Waals surface area contributed by atoms with Crippen LogP contribution in [0.15, 0.2) is 114 Å². The van der Waals surface area contributed by atoms with Gasteiger partial charge in [0.15, 0.2) is 0 Å². The fourth-order valence-electron chi connectivity index (χ4n) is 2.43. The molecule has 0 aliphatic carbocycles. The largest absolute Gasteiger partial charge is 0.405 e. The Balaban J connectivity index is -0.0000000648. The Morgan fingerprint density at radius 3 is 1.11 bits per heavy atom. The molecule has 0 amide bonds. The van der Waals surface area contributed by atoms with Gasteiger partial charge in [-0.1, -0.05) is 68.0 Å². The van der Waals surface area contributed by atoms with Crippen molar-refractivity contribution in [2.24, 2.45) is 4.99 Å². The number of hydrogen-bond donors (Lipinski definition) is 0. The number of aromatic nitrogens is 4. The number of hydrogen-bond acceptors (Lipinski definition) is 9. The summed E-state index contributed by atoms with van der Waals surface area (Å²) >= 11 is 1.06. The topological polar surface area (TPSA) is 115 Å². The maximum absolute atomic E-state index is 10.6. The summed E-state index contributed by atoms with van der Waals surface area (Å²) in [5, 5.41) is 13.1. The first-order valence-electron chi connectivity index (χ1n) is 16.1. The Morgan fingerprint density at radius 1 is 0.571 bits per heavy atom. The van der Waals surface area contributed by atoms with Crippen LogP contribution >= 0.6 is 11.5 Å². The van der Waals surface area contributed by atoms with Crippen LogP contribution in [0.3, 0.4) is 0 Å². The van der Waals surface area contributed by atoms with Gasteiger partial charge in [-0.3, -0.25) is 0 Å². The number of carbonyl (C=O) groups is 3. The molecule has 2 aromatic heterocycles. The molecule has 0 saturated carbocycles. The van der Waals surface area contributed by atoms with Crippen LogP contribution < -0.4 is 0 Å². The van der Waals surface area contributed by atoms with E-state index in [1.807, 2.05) is 139 Å².